The summed E-state index contributed by atoms with van der Waals surface area (Å²) in [5.74, 6) is 0.819. The summed E-state index contributed by atoms with van der Waals surface area (Å²) >= 11 is 0. The second-order valence-electron chi connectivity index (χ2n) is 7.20. The number of carbonyl (C=O) groups is 1. The molecule has 1 aromatic rings. The van der Waals surface area contributed by atoms with Crippen LogP contribution in [0.2, 0.25) is 0 Å². The fraction of sp³-hybridized carbons (Fsp3) is 0.800. The van der Waals surface area contributed by atoms with Crippen LogP contribution in [0.15, 0.2) is 4.52 Å². The molecule has 22 heavy (non-hydrogen) atoms. The lowest BCUT2D eigenvalue weighted by atomic mass is 10.1. The van der Waals surface area contributed by atoms with Gasteiger partial charge in [-0.25, -0.2) is 9.18 Å². The zero-order valence-electron chi connectivity index (χ0n) is 13.3. The van der Waals surface area contributed by atoms with Crippen molar-refractivity contribution in [2.75, 3.05) is 13.2 Å². The van der Waals surface area contributed by atoms with Gasteiger partial charge >= 0.3 is 6.09 Å². The zero-order valence-corrected chi connectivity index (χ0v) is 13.3. The van der Waals surface area contributed by atoms with E-state index in [1.807, 2.05) is 20.8 Å². The van der Waals surface area contributed by atoms with E-state index in [-0.39, 0.29) is 12.1 Å². The van der Waals surface area contributed by atoms with Crippen molar-refractivity contribution >= 4 is 6.09 Å². The number of rotatable bonds is 3. The molecule has 0 aromatic carbocycles. The standard InChI is InChI=1S/C15H22FN3O3/c1-14(2,3)21-13(20)19-8-4-5-10(19)11-17-12(22-18-11)15(9-16)6-7-15/h10H,4-9H2,1-3H3/t10-/m0/s1. The van der Waals surface area contributed by atoms with Crippen LogP contribution in [0.5, 0.6) is 0 Å². The molecule has 2 aliphatic rings. The molecule has 6 nitrogen and oxygen atoms in total. The molecule has 0 bridgehead atoms. The van der Waals surface area contributed by atoms with Crippen molar-refractivity contribution in [3.05, 3.63) is 11.7 Å². The van der Waals surface area contributed by atoms with Gasteiger partial charge in [0.2, 0.25) is 5.89 Å². The van der Waals surface area contributed by atoms with Crippen LogP contribution < -0.4 is 0 Å². The van der Waals surface area contributed by atoms with Crippen LogP contribution in [-0.2, 0) is 10.2 Å². The Morgan fingerprint density at radius 1 is 1.50 bits per heavy atom. The first-order chi connectivity index (χ1) is 10.3. The third-order valence-corrected chi connectivity index (χ3v) is 4.18. The Bertz CT molecular complexity index is 563. The molecule has 1 amide bonds. The summed E-state index contributed by atoms with van der Waals surface area (Å²) in [5, 5.41) is 3.98. The molecule has 0 spiro atoms. The number of halogens is 1. The van der Waals surface area contributed by atoms with Crippen molar-refractivity contribution in [3.63, 3.8) is 0 Å². The molecule has 0 unspecified atom stereocenters. The summed E-state index contributed by atoms with van der Waals surface area (Å²) in [6.07, 6.45) is 2.74. The molecule has 2 fully saturated rings. The van der Waals surface area contributed by atoms with Crippen LogP contribution in [0.4, 0.5) is 9.18 Å². The minimum Gasteiger partial charge on any atom is -0.444 e. The lowest BCUT2D eigenvalue weighted by molar-refractivity contribution is 0.0217. The van der Waals surface area contributed by atoms with E-state index in [9.17, 15) is 9.18 Å². The number of nitrogens with zero attached hydrogens (tertiary/aromatic N) is 3. The molecule has 1 atom stereocenters. The minimum absolute atomic E-state index is 0.247. The molecule has 0 radical (unpaired) electrons. The van der Waals surface area contributed by atoms with E-state index < -0.39 is 17.7 Å². The van der Waals surface area contributed by atoms with Crippen molar-refractivity contribution in [1.82, 2.24) is 15.0 Å². The molecule has 1 aliphatic heterocycles. The summed E-state index contributed by atoms with van der Waals surface area (Å²) in [4.78, 5) is 18.3. The van der Waals surface area contributed by atoms with E-state index in [0.717, 1.165) is 25.7 Å². The molecule has 122 valence electrons. The Hall–Kier alpha value is -1.66. The van der Waals surface area contributed by atoms with E-state index in [1.165, 1.54) is 0 Å². The fourth-order valence-electron chi connectivity index (χ4n) is 2.72. The number of hydrogen-bond acceptors (Lipinski definition) is 5. The Morgan fingerprint density at radius 3 is 2.82 bits per heavy atom. The Kier molecular flexibility index (Phi) is 3.61. The van der Waals surface area contributed by atoms with Gasteiger partial charge in [0.1, 0.15) is 12.3 Å². The average Bonchev–Trinajstić information content (AvgIpc) is 2.89. The van der Waals surface area contributed by atoms with Crippen LogP contribution in [0.3, 0.4) is 0 Å². The Morgan fingerprint density at radius 2 is 2.23 bits per heavy atom. The van der Waals surface area contributed by atoms with Gasteiger partial charge in [-0.05, 0) is 46.5 Å². The van der Waals surface area contributed by atoms with Gasteiger partial charge in [-0.2, -0.15) is 4.98 Å². The van der Waals surface area contributed by atoms with Crippen molar-refractivity contribution in [1.29, 1.82) is 0 Å². The third kappa shape index (κ3) is 2.80. The van der Waals surface area contributed by atoms with E-state index in [4.69, 9.17) is 9.26 Å². The SMILES string of the molecule is CC(C)(C)OC(=O)N1CCC[C@H]1c1noc(C2(CF)CC2)n1. The highest BCUT2D eigenvalue weighted by atomic mass is 19.1. The summed E-state index contributed by atoms with van der Waals surface area (Å²) in [6.45, 7) is 5.63. The van der Waals surface area contributed by atoms with Gasteiger partial charge < -0.3 is 9.26 Å². The predicted molar refractivity (Wildman–Crippen MR) is 76.1 cm³/mol. The molecular formula is C15H22FN3O3. The Balaban J connectivity index is 1.75. The summed E-state index contributed by atoms with van der Waals surface area (Å²) < 4.78 is 23.8. The maximum atomic E-state index is 13.1. The maximum absolute atomic E-state index is 13.1. The number of likely N-dealkylation sites (tertiary alicyclic amines) is 1. The fourth-order valence-corrected chi connectivity index (χ4v) is 2.72. The minimum atomic E-state index is -0.569. The lowest BCUT2D eigenvalue weighted by Crippen LogP contribution is -2.36. The maximum Gasteiger partial charge on any atom is 0.410 e. The highest BCUT2D eigenvalue weighted by Gasteiger charge is 2.50. The molecular weight excluding hydrogens is 289 g/mol. The average molecular weight is 311 g/mol. The quantitative estimate of drug-likeness (QED) is 0.857. The third-order valence-electron chi connectivity index (χ3n) is 4.18. The molecule has 1 saturated carbocycles. The van der Waals surface area contributed by atoms with Gasteiger partial charge in [0.15, 0.2) is 5.82 Å². The number of aromatic nitrogens is 2. The van der Waals surface area contributed by atoms with E-state index in [2.05, 4.69) is 10.1 Å². The topological polar surface area (TPSA) is 68.5 Å². The lowest BCUT2D eigenvalue weighted by Gasteiger charge is -2.27. The van der Waals surface area contributed by atoms with E-state index >= 15 is 0 Å². The molecule has 1 saturated heterocycles. The van der Waals surface area contributed by atoms with Crippen molar-refractivity contribution in [2.45, 2.75) is 63.5 Å². The Labute approximate surface area is 129 Å². The molecule has 3 rings (SSSR count). The zero-order chi connectivity index (χ0) is 16.0. The molecule has 7 heteroatoms. The second kappa shape index (κ2) is 5.21. The number of alkyl halides is 1. The number of carbonyl (C=O) groups excluding carboxylic acids is 1. The number of ether oxygens (including phenoxy) is 1. The van der Waals surface area contributed by atoms with Gasteiger partial charge in [0.05, 0.1) is 11.5 Å². The molecule has 1 aliphatic carbocycles. The van der Waals surface area contributed by atoms with Crippen LogP contribution in [0.1, 0.15) is 64.2 Å². The molecule has 1 aromatic heterocycles. The van der Waals surface area contributed by atoms with Gasteiger partial charge in [-0.1, -0.05) is 5.16 Å². The first kappa shape index (κ1) is 15.2. The van der Waals surface area contributed by atoms with Crippen LogP contribution in [0.25, 0.3) is 0 Å². The van der Waals surface area contributed by atoms with Gasteiger partial charge in [0, 0.05) is 6.54 Å². The highest BCUT2D eigenvalue weighted by molar-refractivity contribution is 5.69. The van der Waals surface area contributed by atoms with Crippen LogP contribution in [-0.4, -0.2) is 40.0 Å². The summed E-state index contributed by atoms with van der Waals surface area (Å²) in [6, 6.07) is -0.247. The van der Waals surface area contributed by atoms with Gasteiger partial charge in [-0.15, -0.1) is 0 Å². The van der Waals surface area contributed by atoms with E-state index in [1.54, 1.807) is 4.90 Å². The highest BCUT2D eigenvalue weighted by Crippen LogP contribution is 2.48. The smallest absolute Gasteiger partial charge is 0.410 e. The summed E-state index contributed by atoms with van der Waals surface area (Å²) in [7, 11) is 0. The van der Waals surface area contributed by atoms with E-state index in [0.29, 0.717) is 18.3 Å². The second-order valence-corrected chi connectivity index (χ2v) is 7.20. The predicted octanol–water partition coefficient (Wildman–Crippen LogP) is 3.14. The number of hydrogen-bond donors (Lipinski definition) is 0. The van der Waals surface area contributed by atoms with Crippen LogP contribution >= 0.6 is 0 Å². The van der Waals surface area contributed by atoms with Gasteiger partial charge in [-0.3, -0.25) is 4.90 Å². The normalized spacial score (nSPS) is 23.6. The largest absolute Gasteiger partial charge is 0.444 e. The first-order valence-corrected chi connectivity index (χ1v) is 7.74. The van der Waals surface area contributed by atoms with Gasteiger partial charge in [0.25, 0.3) is 0 Å². The van der Waals surface area contributed by atoms with Crippen molar-refractivity contribution in [3.8, 4) is 0 Å². The molecule has 0 N–H and O–H groups in total. The first-order valence-electron chi connectivity index (χ1n) is 7.74. The van der Waals surface area contributed by atoms with Crippen molar-refractivity contribution in [2.24, 2.45) is 0 Å². The number of amides is 1. The van der Waals surface area contributed by atoms with Crippen molar-refractivity contribution < 1.29 is 18.4 Å². The monoisotopic (exact) mass is 311 g/mol. The van der Waals surface area contributed by atoms with Crippen LogP contribution in [0, 0.1) is 0 Å². The summed E-state index contributed by atoms with van der Waals surface area (Å²) in [5.41, 5.74) is -1.11. The molecule has 2 heterocycles.